The lowest BCUT2D eigenvalue weighted by Gasteiger charge is -2.27. The van der Waals surface area contributed by atoms with E-state index in [1.54, 1.807) is 7.11 Å². The Morgan fingerprint density at radius 1 is 1.24 bits per heavy atom. The van der Waals surface area contributed by atoms with Gasteiger partial charge in [0.25, 0.3) is 0 Å². The quantitative estimate of drug-likeness (QED) is 0.923. The zero-order valence-corrected chi connectivity index (χ0v) is 13.2. The van der Waals surface area contributed by atoms with E-state index >= 15 is 0 Å². The summed E-state index contributed by atoms with van der Waals surface area (Å²) in [4.78, 5) is 4.68. The Morgan fingerprint density at radius 2 is 2.05 bits per heavy atom. The molecule has 0 spiro atoms. The molecule has 21 heavy (non-hydrogen) atoms. The van der Waals surface area contributed by atoms with Gasteiger partial charge >= 0.3 is 0 Å². The van der Waals surface area contributed by atoms with E-state index in [0.717, 1.165) is 31.1 Å². The van der Waals surface area contributed by atoms with Crippen LogP contribution in [0.25, 0.3) is 0 Å². The Kier molecular flexibility index (Phi) is 4.91. The van der Waals surface area contributed by atoms with E-state index in [1.807, 2.05) is 0 Å². The fourth-order valence-corrected chi connectivity index (χ4v) is 3.83. The van der Waals surface area contributed by atoms with Gasteiger partial charge in [0.15, 0.2) is 0 Å². The Balaban J connectivity index is 1.70. The number of ether oxygens (including phenoxy) is 1. The average molecular weight is 293 g/mol. The molecular weight excluding hydrogens is 266 g/mol. The van der Waals surface area contributed by atoms with Gasteiger partial charge in [-0.1, -0.05) is 24.4 Å². The lowest BCUT2D eigenvalue weighted by molar-refractivity contribution is 0.0273. The van der Waals surface area contributed by atoms with Crippen molar-refractivity contribution in [1.29, 1.82) is 0 Å². The Labute approximate surface area is 126 Å². The molecule has 1 saturated carbocycles. The third-order valence-electron chi connectivity index (χ3n) is 5.02. The molecule has 3 unspecified atom stereocenters. The molecule has 5 heteroatoms. The van der Waals surface area contributed by atoms with Gasteiger partial charge in [0.05, 0.1) is 0 Å². The summed E-state index contributed by atoms with van der Waals surface area (Å²) < 4.78 is 11.3. The first-order chi connectivity index (χ1) is 10.3. The summed E-state index contributed by atoms with van der Waals surface area (Å²) in [6.45, 7) is 3.24. The fraction of sp³-hybridized carbons (Fsp3) is 0.875. The maximum absolute atomic E-state index is 5.70. The fourth-order valence-electron chi connectivity index (χ4n) is 3.83. The van der Waals surface area contributed by atoms with Gasteiger partial charge in [0.2, 0.25) is 11.7 Å². The molecule has 1 aromatic rings. The zero-order valence-electron chi connectivity index (χ0n) is 13.2. The summed E-state index contributed by atoms with van der Waals surface area (Å²) in [5, 5.41) is 7.69. The van der Waals surface area contributed by atoms with E-state index in [0.29, 0.717) is 17.9 Å². The van der Waals surface area contributed by atoms with Gasteiger partial charge in [-0.2, -0.15) is 4.98 Å². The summed E-state index contributed by atoms with van der Waals surface area (Å²) in [6.07, 6.45) is 8.51. The molecule has 5 nitrogen and oxygen atoms in total. The highest BCUT2D eigenvalue weighted by Gasteiger charge is 2.31. The van der Waals surface area contributed by atoms with Gasteiger partial charge in [0, 0.05) is 19.1 Å². The van der Waals surface area contributed by atoms with Crippen LogP contribution in [0.3, 0.4) is 0 Å². The third kappa shape index (κ3) is 3.46. The zero-order chi connectivity index (χ0) is 14.7. The lowest BCUT2D eigenvalue weighted by Crippen LogP contribution is -2.35. The maximum atomic E-state index is 5.70. The van der Waals surface area contributed by atoms with Gasteiger partial charge in [-0.15, -0.1) is 0 Å². The molecule has 0 radical (unpaired) electrons. The minimum Gasteiger partial charge on any atom is -0.373 e. The Hall–Kier alpha value is -0.940. The third-order valence-corrected chi connectivity index (χ3v) is 5.02. The van der Waals surface area contributed by atoms with E-state index in [9.17, 15) is 0 Å². The summed E-state index contributed by atoms with van der Waals surface area (Å²) in [7, 11) is 1.77. The van der Waals surface area contributed by atoms with Gasteiger partial charge in [-0.25, -0.2) is 0 Å². The van der Waals surface area contributed by atoms with Crippen molar-refractivity contribution >= 4 is 0 Å². The standard InChI is InChI=1S/C16H27N3O2/c1-11-10-13(8-9-17-11)16-18-15(19-21-16)14(20-2)12-6-4-3-5-7-12/h11-14,17H,3-10H2,1-2H3. The highest BCUT2D eigenvalue weighted by molar-refractivity contribution is 5.01. The minimum atomic E-state index is 0.00180. The minimum absolute atomic E-state index is 0.00180. The van der Waals surface area contributed by atoms with Crippen molar-refractivity contribution in [1.82, 2.24) is 15.5 Å². The van der Waals surface area contributed by atoms with Crippen LogP contribution in [0.1, 0.15) is 75.6 Å². The number of hydrogen-bond donors (Lipinski definition) is 1. The number of nitrogens with one attached hydrogen (secondary N) is 1. The van der Waals surface area contributed by atoms with Crippen molar-refractivity contribution in [2.45, 2.75) is 69.9 Å². The smallest absolute Gasteiger partial charge is 0.229 e. The molecule has 1 aliphatic carbocycles. The van der Waals surface area contributed by atoms with E-state index in [2.05, 4.69) is 22.4 Å². The van der Waals surface area contributed by atoms with E-state index in [1.165, 1.54) is 32.1 Å². The first-order valence-corrected chi connectivity index (χ1v) is 8.37. The monoisotopic (exact) mass is 293 g/mol. The van der Waals surface area contributed by atoms with Gasteiger partial charge in [-0.05, 0) is 45.1 Å². The van der Waals surface area contributed by atoms with Crippen molar-refractivity contribution in [2.24, 2.45) is 5.92 Å². The van der Waals surface area contributed by atoms with E-state index < -0.39 is 0 Å². The van der Waals surface area contributed by atoms with E-state index in [-0.39, 0.29) is 6.10 Å². The largest absolute Gasteiger partial charge is 0.373 e. The molecule has 118 valence electrons. The van der Waals surface area contributed by atoms with Crippen LogP contribution in [-0.4, -0.2) is 29.8 Å². The molecule has 0 bridgehead atoms. The second-order valence-electron chi connectivity index (χ2n) is 6.62. The second-order valence-corrected chi connectivity index (χ2v) is 6.62. The van der Waals surface area contributed by atoms with Gasteiger partial charge < -0.3 is 14.6 Å². The first kappa shape index (κ1) is 15.0. The number of hydrogen-bond acceptors (Lipinski definition) is 5. The first-order valence-electron chi connectivity index (χ1n) is 8.37. The van der Waals surface area contributed by atoms with Crippen LogP contribution in [0, 0.1) is 5.92 Å². The van der Waals surface area contributed by atoms with Crippen LogP contribution in [0.4, 0.5) is 0 Å². The number of methoxy groups -OCH3 is 1. The molecule has 2 heterocycles. The van der Waals surface area contributed by atoms with Gasteiger partial charge in [-0.3, -0.25) is 0 Å². The molecule has 0 aromatic carbocycles. The highest BCUT2D eigenvalue weighted by Crippen LogP contribution is 2.36. The second kappa shape index (κ2) is 6.88. The summed E-state index contributed by atoms with van der Waals surface area (Å²) >= 11 is 0. The highest BCUT2D eigenvalue weighted by atomic mass is 16.5. The summed E-state index contributed by atoms with van der Waals surface area (Å²) in [6, 6.07) is 0.524. The molecule has 0 amide bonds. The van der Waals surface area contributed by atoms with Crippen LogP contribution < -0.4 is 5.32 Å². The predicted molar refractivity (Wildman–Crippen MR) is 80.1 cm³/mol. The summed E-state index contributed by atoms with van der Waals surface area (Å²) in [5.74, 6) is 2.49. The maximum Gasteiger partial charge on any atom is 0.229 e. The molecule has 1 aromatic heterocycles. The predicted octanol–water partition coefficient (Wildman–Crippen LogP) is 3.19. The topological polar surface area (TPSA) is 60.2 Å². The number of nitrogens with zero attached hydrogens (tertiary/aromatic N) is 2. The summed E-state index contributed by atoms with van der Waals surface area (Å²) in [5.41, 5.74) is 0. The molecule has 1 N–H and O–H groups in total. The molecule has 1 aliphatic heterocycles. The SMILES string of the molecule is COC(c1noc(C2CCNC(C)C2)n1)C1CCCCC1. The van der Waals surface area contributed by atoms with Crippen molar-refractivity contribution < 1.29 is 9.26 Å². The number of aromatic nitrogens is 2. The lowest BCUT2D eigenvalue weighted by atomic mass is 9.85. The molecule has 3 rings (SSSR count). The molecule has 2 fully saturated rings. The normalized spacial score (nSPS) is 29.4. The van der Waals surface area contributed by atoms with Crippen molar-refractivity contribution in [3.05, 3.63) is 11.7 Å². The average Bonchev–Trinajstić information content (AvgIpc) is 2.99. The van der Waals surface area contributed by atoms with Crippen molar-refractivity contribution in [2.75, 3.05) is 13.7 Å². The van der Waals surface area contributed by atoms with Crippen LogP contribution >= 0.6 is 0 Å². The van der Waals surface area contributed by atoms with E-state index in [4.69, 9.17) is 9.26 Å². The van der Waals surface area contributed by atoms with Crippen LogP contribution in [0.15, 0.2) is 4.52 Å². The molecule has 3 atom stereocenters. The molecule has 1 saturated heterocycles. The molecular formula is C16H27N3O2. The van der Waals surface area contributed by atoms with Crippen LogP contribution in [-0.2, 0) is 4.74 Å². The van der Waals surface area contributed by atoms with Crippen molar-refractivity contribution in [3.63, 3.8) is 0 Å². The van der Waals surface area contributed by atoms with Crippen LogP contribution in [0.5, 0.6) is 0 Å². The number of piperidine rings is 1. The van der Waals surface area contributed by atoms with Crippen molar-refractivity contribution in [3.8, 4) is 0 Å². The Bertz CT molecular complexity index is 442. The Morgan fingerprint density at radius 3 is 2.76 bits per heavy atom. The van der Waals surface area contributed by atoms with Gasteiger partial charge in [0.1, 0.15) is 6.10 Å². The number of rotatable bonds is 4. The molecule has 2 aliphatic rings. The van der Waals surface area contributed by atoms with Crippen LogP contribution in [0.2, 0.25) is 0 Å².